The number of benzene rings is 1. The zero-order valence-electron chi connectivity index (χ0n) is 21.8. The second-order valence-electron chi connectivity index (χ2n) is 8.40. The quantitative estimate of drug-likeness (QED) is 0.338. The topological polar surface area (TPSA) is 53.4 Å². The summed E-state index contributed by atoms with van der Waals surface area (Å²) in [6.45, 7) is 10.00. The van der Waals surface area contributed by atoms with Gasteiger partial charge in [-0.05, 0) is 37.0 Å². The third-order valence-corrected chi connectivity index (χ3v) is 5.70. The van der Waals surface area contributed by atoms with Crippen molar-refractivity contribution >= 4 is 23.2 Å². The lowest BCUT2D eigenvalue weighted by Gasteiger charge is -2.24. The van der Waals surface area contributed by atoms with Gasteiger partial charge in [0.1, 0.15) is 5.82 Å². The monoisotopic (exact) mass is 459 g/mol. The Labute approximate surface area is 206 Å². The van der Waals surface area contributed by atoms with Gasteiger partial charge in [-0.1, -0.05) is 70.0 Å². The van der Waals surface area contributed by atoms with Gasteiger partial charge >= 0.3 is 0 Å². The zero-order chi connectivity index (χ0) is 24.9. The Bertz CT molecular complexity index is 1010. The van der Waals surface area contributed by atoms with Gasteiger partial charge in [-0.15, -0.1) is 0 Å². The highest BCUT2D eigenvalue weighted by Crippen LogP contribution is 2.29. The molecule has 0 amide bonds. The molecule has 1 aliphatic carbocycles. The molecular weight excluding hydrogens is 418 g/mol. The molecule has 1 aliphatic rings. The number of nitrogens with zero attached hydrogens (tertiary/aromatic N) is 4. The fourth-order valence-electron chi connectivity index (χ4n) is 4.08. The number of aliphatic imine (C=N–C) groups is 1. The van der Waals surface area contributed by atoms with Crippen molar-refractivity contribution in [3.63, 3.8) is 0 Å². The van der Waals surface area contributed by atoms with Crippen LogP contribution in [0.2, 0.25) is 0 Å². The van der Waals surface area contributed by atoms with Crippen LogP contribution in [0.1, 0.15) is 64.0 Å². The number of allylic oxidation sites excluding steroid dienone is 4. The van der Waals surface area contributed by atoms with Gasteiger partial charge < -0.3 is 10.2 Å². The molecular formula is C29H41N5. The van der Waals surface area contributed by atoms with Crippen LogP contribution < -0.4 is 5.32 Å². The Hall–Kier alpha value is -3.21. The van der Waals surface area contributed by atoms with Crippen molar-refractivity contribution in [2.75, 3.05) is 26.5 Å². The lowest BCUT2D eigenvalue weighted by Crippen LogP contribution is -2.24. The summed E-state index contributed by atoms with van der Waals surface area (Å²) >= 11 is 0. The van der Waals surface area contributed by atoms with Gasteiger partial charge in [0, 0.05) is 62.5 Å². The van der Waals surface area contributed by atoms with Crippen LogP contribution in [0.4, 0.5) is 5.82 Å². The van der Waals surface area contributed by atoms with Gasteiger partial charge in [-0.2, -0.15) is 0 Å². The molecule has 1 heterocycles. The summed E-state index contributed by atoms with van der Waals surface area (Å²) in [6.07, 6.45) is 16.0. The number of aromatic nitrogens is 2. The molecule has 0 unspecified atom stereocenters. The van der Waals surface area contributed by atoms with E-state index in [1.807, 2.05) is 64.3 Å². The molecule has 1 fully saturated rings. The van der Waals surface area contributed by atoms with E-state index in [0.29, 0.717) is 11.9 Å². The van der Waals surface area contributed by atoms with Gasteiger partial charge in [0.2, 0.25) is 0 Å². The summed E-state index contributed by atoms with van der Waals surface area (Å²) in [5.41, 5.74) is 5.15. The second kappa shape index (κ2) is 14.1. The van der Waals surface area contributed by atoms with Crippen molar-refractivity contribution < 1.29 is 0 Å². The van der Waals surface area contributed by atoms with Crippen molar-refractivity contribution in [3.8, 4) is 11.4 Å². The average Bonchev–Trinajstić information content (AvgIpc) is 2.88. The van der Waals surface area contributed by atoms with Gasteiger partial charge in [-0.25, -0.2) is 9.97 Å². The Kier molecular flexibility index (Phi) is 11.2. The van der Waals surface area contributed by atoms with E-state index in [-0.39, 0.29) is 0 Å². The second-order valence-corrected chi connectivity index (χ2v) is 8.40. The number of hydrogen-bond donors (Lipinski definition) is 1. The molecule has 0 aliphatic heterocycles. The summed E-state index contributed by atoms with van der Waals surface area (Å²) in [5, 5.41) is 3.72. The fraction of sp³-hybridized carbons (Fsp3) is 0.414. The van der Waals surface area contributed by atoms with Crippen LogP contribution in [0, 0.1) is 0 Å². The predicted octanol–water partition coefficient (Wildman–Crippen LogP) is 7.11. The van der Waals surface area contributed by atoms with E-state index in [0.717, 1.165) is 33.7 Å². The molecule has 3 rings (SSSR count). The molecule has 182 valence electrons. The first-order valence-electron chi connectivity index (χ1n) is 12.4. The number of nitrogens with one attached hydrogen (secondary N) is 1. The van der Waals surface area contributed by atoms with Crippen LogP contribution >= 0.6 is 0 Å². The number of anilines is 1. The molecule has 0 saturated heterocycles. The molecule has 1 N–H and O–H groups in total. The summed E-state index contributed by atoms with van der Waals surface area (Å²) in [5.74, 6) is 1.60. The van der Waals surface area contributed by atoms with Crippen LogP contribution in [0.5, 0.6) is 0 Å². The predicted molar refractivity (Wildman–Crippen MR) is 149 cm³/mol. The first-order valence-corrected chi connectivity index (χ1v) is 12.4. The molecule has 5 nitrogen and oxygen atoms in total. The van der Waals surface area contributed by atoms with E-state index in [9.17, 15) is 0 Å². The Morgan fingerprint density at radius 3 is 2.50 bits per heavy atom. The van der Waals surface area contributed by atoms with Crippen molar-refractivity contribution in [2.45, 2.75) is 58.9 Å². The number of hydrogen-bond acceptors (Lipinski definition) is 5. The van der Waals surface area contributed by atoms with Gasteiger partial charge in [0.15, 0.2) is 5.82 Å². The highest BCUT2D eigenvalue weighted by molar-refractivity contribution is 6.11. The first-order chi connectivity index (χ1) is 16.5. The third kappa shape index (κ3) is 7.41. The zero-order valence-corrected chi connectivity index (χ0v) is 21.8. The van der Waals surface area contributed by atoms with Crippen molar-refractivity contribution in [1.29, 1.82) is 0 Å². The summed E-state index contributed by atoms with van der Waals surface area (Å²) in [4.78, 5) is 16.0. The van der Waals surface area contributed by atoms with Gasteiger partial charge in [0.05, 0.1) is 0 Å². The van der Waals surface area contributed by atoms with Crippen molar-refractivity contribution in [1.82, 2.24) is 14.9 Å². The fourth-order valence-corrected chi connectivity index (χ4v) is 4.08. The largest absolute Gasteiger partial charge is 0.383 e. The molecule has 34 heavy (non-hydrogen) atoms. The molecule has 1 aromatic carbocycles. The summed E-state index contributed by atoms with van der Waals surface area (Å²) in [7, 11) is 5.81. The van der Waals surface area contributed by atoms with Crippen molar-refractivity contribution in [3.05, 3.63) is 66.5 Å². The average molecular weight is 460 g/mol. The van der Waals surface area contributed by atoms with Crippen LogP contribution in [0.3, 0.4) is 0 Å². The SMILES string of the molecule is C=C/C(=C\N(C)C)c1cccc(-c2ncc(/C(C=NC)=C/C)c(NC3CCCCC3)n2)c1.CC. The molecule has 0 atom stereocenters. The molecule has 0 spiro atoms. The van der Waals surface area contributed by atoms with E-state index in [1.54, 1.807) is 7.05 Å². The van der Waals surface area contributed by atoms with Crippen LogP contribution in [-0.4, -0.2) is 48.3 Å². The van der Waals surface area contributed by atoms with E-state index in [2.05, 4.69) is 47.4 Å². The lowest BCUT2D eigenvalue weighted by atomic mass is 9.95. The minimum Gasteiger partial charge on any atom is -0.383 e. The minimum atomic E-state index is 0.448. The maximum atomic E-state index is 4.99. The standard InChI is InChI=1S/C27H35N5.C2H6/c1-6-20(17-28-3)25-18-29-26(31-27(25)30-24-14-9-8-10-15-24)23-13-11-12-22(16-23)21(7-2)19-32(4)5;1-2/h6-7,11-13,16-19,24H,2,8-10,14-15H2,1,3-5H3,(H,29,30,31);1-2H3/b20-6+,21-19+,28-17?;. The van der Waals surface area contributed by atoms with E-state index in [1.165, 1.54) is 32.1 Å². The smallest absolute Gasteiger partial charge is 0.161 e. The first kappa shape index (κ1) is 27.0. The lowest BCUT2D eigenvalue weighted by molar-refractivity contribution is 0.462. The molecule has 5 heteroatoms. The molecule has 1 aromatic heterocycles. The molecule has 0 bridgehead atoms. The molecule has 0 radical (unpaired) electrons. The Balaban J connectivity index is 0.00000199. The molecule has 2 aromatic rings. The molecule has 1 saturated carbocycles. The maximum Gasteiger partial charge on any atom is 0.161 e. The third-order valence-electron chi connectivity index (χ3n) is 5.70. The van der Waals surface area contributed by atoms with Gasteiger partial charge in [0.25, 0.3) is 0 Å². The van der Waals surface area contributed by atoms with Crippen LogP contribution in [0.25, 0.3) is 22.5 Å². The normalized spacial score (nSPS) is 15.0. The highest BCUT2D eigenvalue weighted by atomic mass is 15.1. The minimum absolute atomic E-state index is 0.448. The summed E-state index contributed by atoms with van der Waals surface area (Å²) in [6, 6.07) is 8.77. The summed E-state index contributed by atoms with van der Waals surface area (Å²) < 4.78 is 0. The van der Waals surface area contributed by atoms with Crippen molar-refractivity contribution in [2.24, 2.45) is 4.99 Å². The van der Waals surface area contributed by atoms with E-state index < -0.39 is 0 Å². The van der Waals surface area contributed by atoms with Gasteiger partial charge in [-0.3, -0.25) is 4.99 Å². The number of rotatable bonds is 8. The highest BCUT2D eigenvalue weighted by Gasteiger charge is 2.18. The Morgan fingerprint density at radius 1 is 1.15 bits per heavy atom. The van der Waals surface area contributed by atoms with Crippen LogP contribution in [-0.2, 0) is 0 Å². The van der Waals surface area contributed by atoms with E-state index in [4.69, 9.17) is 9.97 Å². The maximum absolute atomic E-state index is 4.99. The van der Waals surface area contributed by atoms with Crippen LogP contribution in [0.15, 0.2) is 60.4 Å². The van der Waals surface area contributed by atoms with E-state index >= 15 is 0 Å². The Morgan fingerprint density at radius 2 is 1.88 bits per heavy atom.